The van der Waals surface area contributed by atoms with Gasteiger partial charge in [0.2, 0.25) is 5.43 Å². The first-order valence-corrected chi connectivity index (χ1v) is 9.06. The molecule has 0 saturated heterocycles. The Bertz CT molecular complexity index is 826. The molecule has 1 aromatic heterocycles. The van der Waals surface area contributed by atoms with Gasteiger partial charge in [0.05, 0.1) is 10.2 Å². The molecule has 0 bridgehead atoms. The lowest BCUT2D eigenvalue weighted by atomic mass is 10.0. The fourth-order valence-electron chi connectivity index (χ4n) is 2.23. The summed E-state index contributed by atoms with van der Waals surface area (Å²) in [6, 6.07) is 5.72. The highest BCUT2D eigenvalue weighted by Gasteiger charge is 2.31. The molecule has 2 rings (SSSR count). The molecule has 25 heavy (non-hydrogen) atoms. The Kier molecular flexibility index (Phi) is 6.03. The van der Waals surface area contributed by atoms with E-state index in [9.17, 15) is 14.0 Å². The maximum Gasteiger partial charge on any atom is 0.331 e. The average molecular weight is 457 g/mol. The van der Waals surface area contributed by atoms with E-state index in [0.717, 1.165) is 0 Å². The number of carbonyl (C=O) groups excluding carboxylic acids is 1. The van der Waals surface area contributed by atoms with Gasteiger partial charge in [-0.05, 0) is 60.1 Å². The van der Waals surface area contributed by atoms with Crippen molar-refractivity contribution in [3.05, 3.63) is 56.3 Å². The minimum absolute atomic E-state index is 0.158. The number of ether oxygens (including phenoxy) is 1. The summed E-state index contributed by atoms with van der Waals surface area (Å²) in [4.78, 5) is 25.0. The molecule has 6 heteroatoms. The Morgan fingerprint density at radius 2 is 1.84 bits per heavy atom. The first-order chi connectivity index (χ1) is 11.6. The second kappa shape index (κ2) is 7.68. The van der Waals surface area contributed by atoms with Gasteiger partial charge < -0.3 is 9.30 Å². The zero-order valence-corrected chi connectivity index (χ0v) is 16.8. The van der Waals surface area contributed by atoms with E-state index in [0.29, 0.717) is 21.3 Å². The van der Waals surface area contributed by atoms with Gasteiger partial charge in [0, 0.05) is 18.0 Å². The van der Waals surface area contributed by atoms with Crippen molar-refractivity contribution < 1.29 is 13.9 Å². The maximum atomic E-state index is 13.2. The van der Waals surface area contributed by atoms with Crippen molar-refractivity contribution in [2.45, 2.75) is 33.2 Å². The van der Waals surface area contributed by atoms with Crippen LogP contribution in [0.4, 0.5) is 4.39 Å². The van der Waals surface area contributed by atoms with E-state index in [1.165, 1.54) is 12.1 Å². The standard InChI is InChI=1S/C19H21FINO3/c1-12(2)11-25-18(24)19(3,4)22-9-15(17(23)16(21)10-22)13-5-7-14(20)8-6-13/h5-10,12H,11H2,1-4H3. The van der Waals surface area contributed by atoms with Gasteiger partial charge in [0.25, 0.3) is 0 Å². The van der Waals surface area contributed by atoms with Gasteiger partial charge in [0.15, 0.2) is 0 Å². The molecule has 4 nitrogen and oxygen atoms in total. The zero-order chi connectivity index (χ0) is 18.8. The van der Waals surface area contributed by atoms with Crippen molar-refractivity contribution in [1.82, 2.24) is 4.57 Å². The third kappa shape index (κ3) is 4.48. The molecule has 134 valence electrons. The number of aromatic nitrogens is 1. The van der Waals surface area contributed by atoms with E-state index in [1.807, 2.05) is 36.4 Å². The van der Waals surface area contributed by atoms with Crippen LogP contribution in [0.5, 0.6) is 0 Å². The van der Waals surface area contributed by atoms with Gasteiger partial charge in [-0.2, -0.15) is 0 Å². The Morgan fingerprint density at radius 1 is 1.24 bits per heavy atom. The van der Waals surface area contributed by atoms with Gasteiger partial charge in [-0.15, -0.1) is 0 Å². The second-order valence-electron chi connectivity index (χ2n) is 6.81. The van der Waals surface area contributed by atoms with Crippen LogP contribution in [0.15, 0.2) is 41.5 Å². The van der Waals surface area contributed by atoms with E-state index in [4.69, 9.17) is 4.74 Å². The minimum atomic E-state index is -0.975. The van der Waals surface area contributed by atoms with Crippen LogP contribution in [-0.4, -0.2) is 17.1 Å². The predicted octanol–water partition coefficient (Wildman–Crippen LogP) is 4.19. The summed E-state index contributed by atoms with van der Waals surface area (Å²) in [6.07, 6.45) is 3.25. The molecule has 1 heterocycles. The molecule has 0 unspecified atom stereocenters. The van der Waals surface area contributed by atoms with Crippen LogP contribution >= 0.6 is 22.6 Å². The molecule has 0 aliphatic carbocycles. The van der Waals surface area contributed by atoms with E-state index < -0.39 is 5.54 Å². The molecule has 0 N–H and O–H groups in total. The molecular formula is C19H21FINO3. The highest BCUT2D eigenvalue weighted by molar-refractivity contribution is 14.1. The van der Waals surface area contributed by atoms with Crippen LogP contribution in [0, 0.1) is 15.3 Å². The van der Waals surface area contributed by atoms with Crippen LogP contribution in [0.1, 0.15) is 27.7 Å². The molecule has 2 aromatic rings. The zero-order valence-electron chi connectivity index (χ0n) is 14.7. The lowest BCUT2D eigenvalue weighted by molar-refractivity contribution is -0.153. The number of carbonyl (C=O) groups is 1. The Hall–Kier alpha value is -1.70. The van der Waals surface area contributed by atoms with Crippen LogP contribution in [0.25, 0.3) is 11.1 Å². The third-order valence-electron chi connectivity index (χ3n) is 3.83. The molecule has 1 aromatic carbocycles. The van der Waals surface area contributed by atoms with E-state index in [1.54, 1.807) is 42.9 Å². The first kappa shape index (κ1) is 19.6. The molecule has 0 aliphatic heterocycles. The number of rotatable bonds is 5. The smallest absolute Gasteiger partial charge is 0.331 e. The van der Waals surface area contributed by atoms with Crippen LogP contribution in [0.3, 0.4) is 0 Å². The number of hydrogen-bond donors (Lipinski definition) is 0. The van der Waals surface area contributed by atoms with Gasteiger partial charge >= 0.3 is 5.97 Å². The van der Waals surface area contributed by atoms with Crippen molar-refractivity contribution >= 4 is 28.6 Å². The van der Waals surface area contributed by atoms with E-state index in [2.05, 4.69) is 0 Å². The first-order valence-electron chi connectivity index (χ1n) is 7.98. The predicted molar refractivity (Wildman–Crippen MR) is 104 cm³/mol. The molecule has 0 fully saturated rings. The van der Waals surface area contributed by atoms with Crippen LogP contribution in [0.2, 0.25) is 0 Å². The second-order valence-corrected chi connectivity index (χ2v) is 7.98. The quantitative estimate of drug-likeness (QED) is 0.500. The summed E-state index contributed by atoms with van der Waals surface area (Å²) in [7, 11) is 0. The Labute approximate surface area is 160 Å². The average Bonchev–Trinajstić information content (AvgIpc) is 2.55. The molecule has 0 amide bonds. The molecule has 0 aliphatic rings. The number of benzene rings is 1. The summed E-state index contributed by atoms with van der Waals surface area (Å²) < 4.78 is 20.7. The fraction of sp³-hybridized carbons (Fsp3) is 0.368. The number of pyridine rings is 1. The van der Waals surface area contributed by atoms with Gasteiger partial charge in [0.1, 0.15) is 11.4 Å². The lowest BCUT2D eigenvalue weighted by Gasteiger charge is -2.27. The molecule has 0 radical (unpaired) electrons. The molecule has 0 atom stereocenters. The summed E-state index contributed by atoms with van der Waals surface area (Å²) in [5.74, 6) is -0.498. The largest absolute Gasteiger partial charge is 0.464 e. The van der Waals surface area contributed by atoms with E-state index >= 15 is 0 Å². The maximum absolute atomic E-state index is 13.2. The van der Waals surface area contributed by atoms with E-state index in [-0.39, 0.29) is 23.1 Å². The number of esters is 1. The van der Waals surface area contributed by atoms with Crippen molar-refractivity contribution in [2.75, 3.05) is 6.61 Å². The van der Waals surface area contributed by atoms with Crippen LogP contribution < -0.4 is 5.43 Å². The monoisotopic (exact) mass is 457 g/mol. The number of halogens is 2. The summed E-state index contributed by atoms with van der Waals surface area (Å²) in [6.45, 7) is 7.75. The van der Waals surface area contributed by atoms with Gasteiger partial charge in [-0.3, -0.25) is 4.79 Å². The lowest BCUT2D eigenvalue weighted by Crippen LogP contribution is -2.38. The highest BCUT2D eigenvalue weighted by Crippen LogP contribution is 2.23. The van der Waals surface area contributed by atoms with Gasteiger partial charge in [-0.1, -0.05) is 26.0 Å². The van der Waals surface area contributed by atoms with Crippen molar-refractivity contribution in [3.8, 4) is 11.1 Å². The molecule has 0 spiro atoms. The SMILES string of the molecule is CC(C)COC(=O)C(C)(C)n1cc(I)c(=O)c(-c2ccc(F)cc2)c1. The van der Waals surface area contributed by atoms with Gasteiger partial charge in [-0.25, -0.2) is 9.18 Å². The fourth-order valence-corrected chi connectivity index (χ4v) is 2.82. The molecular weight excluding hydrogens is 436 g/mol. The van der Waals surface area contributed by atoms with Crippen molar-refractivity contribution in [1.29, 1.82) is 0 Å². The Balaban J connectivity index is 2.47. The Morgan fingerprint density at radius 3 is 2.40 bits per heavy atom. The summed E-state index contributed by atoms with van der Waals surface area (Å²) in [5, 5.41) is 0. The topological polar surface area (TPSA) is 48.3 Å². The highest BCUT2D eigenvalue weighted by atomic mass is 127. The van der Waals surface area contributed by atoms with Crippen molar-refractivity contribution in [2.24, 2.45) is 5.92 Å². The number of hydrogen-bond acceptors (Lipinski definition) is 3. The minimum Gasteiger partial charge on any atom is -0.464 e. The number of nitrogens with zero attached hydrogens (tertiary/aromatic N) is 1. The summed E-state index contributed by atoms with van der Waals surface area (Å²) in [5.41, 5.74) is -0.117. The normalized spacial score (nSPS) is 11.6. The third-order valence-corrected chi connectivity index (χ3v) is 4.60. The van der Waals surface area contributed by atoms with Crippen LogP contribution in [-0.2, 0) is 15.1 Å². The van der Waals surface area contributed by atoms with Crippen molar-refractivity contribution in [3.63, 3.8) is 0 Å². The summed E-state index contributed by atoms with van der Waals surface area (Å²) >= 11 is 1.94. The molecule has 0 saturated carbocycles.